The Hall–Kier alpha value is -0.770. The van der Waals surface area contributed by atoms with Crippen LogP contribution < -0.4 is 11.1 Å². The highest BCUT2D eigenvalue weighted by atomic mass is 16.5. The quantitative estimate of drug-likeness (QED) is 0.529. The summed E-state index contributed by atoms with van der Waals surface area (Å²) in [6.45, 7) is 0.853. The minimum Gasteiger partial charge on any atom is -0.376 e. The summed E-state index contributed by atoms with van der Waals surface area (Å²) in [5.74, 6) is 1.38. The van der Waals surface area contributed by atoms with E-state index in [1.807, 2.05) is 0 Å². The molecule has 0 amide bonds. The third-order valence-electron chi connectivity index (χ3n) is 3.42. The molecule has 84 valence electrons. The van der Waals surface area contributed by atoms with Crippen LogP contribution in [0.5, 0.6) is 0 Å². The summed E-state index contributed by atoms with van der Waals surface area (Å²) < 4.78 is 5.72. The van der Waals surface area contributed by atoms with Crippen LogP contribution in [0.25, 0.3) is 0 Å². The molecule has 0 aromatic heterocycles. The van der Waals surface area contributed by atoms with E-state index >= 15 is 0 Å². The molecular formula is C11H19N3O. The van der Waals surface area contributed by atoms with Gasteiger partial charge in [-0.2, -0.15) is 0 Å². The number of rotatable bonds is 3. The average molecular weight is 209 g/mol. The van der Waals surface area contributed by atoms with Crippen molar-refractivity contribution in [1.82, 2.24) is 5.32 Å². The Kier molecular flexibility index (Phi) is 2.31. The molecule has 2 atom stereocenters. The molecule has 15 heavy (non-hydrogen) atoms. The van der Waals surface area contributed by atoms with E-state index < -0.39 is 0 Å². The van der Waals surface area contributed by atoms with Gasteiger partial charge >= 0.3 is 0 Å². The lowest BCUT2D eigenvalue weighted by atomic mass is 10.1. The molecule has 3 N–H and O–H groups in total. The SMILES string of the molecule is NC(=NC1CCOC1C1CC1)NC1CC1. The van der Waals surface area contributed by atoms with Crippen molar-refractivity contribution >= 4 is 5.96 Å². The van der Waals surface area contributed by atoms with Crippen LogP contribution in [0.2, 0.25) is 0 Å². The molecule has 3 aliphatic rings. The predicted octanol–water partition coefficient (Wildman–Crippen LogP) is 0.621. The summed E-state index contributed by atoms with van der Waals surface area (Å²) in [6, 6.07) is 0.902. The second-order valence-corrected chi connectivity index (χ2v) is 4.96. The number of nitrogens with zero attached hydrogens (tertiary/aromatic N) is 1. The number of hydrogen-bond donors (Lipinski definition) is 2. The number of nitrogens with one attached hydrogen (secondary N) is 1. The molecule has 4 nitrogen and oxygen atoms in total. The molecule has 1 saturated heterocycles. The summed E-state index contributed by atoms with van der Waals surface area (Å²) >= 11 is 0. The molecule has 2 aliphatic carbocycles. The predicted molar refractivity (Wildman–Crippen MR) is 58.6 cm³/mol. The fourth-order valence-corrected chi connectivity index (χ4v) is 2.27. The second kappa shape index (κ2) is 3.67. The molecule has 4 heteroatoms. The maximum Gasteiger partial charge on any atom is 0.189 e. The zero-order valence-corrected chi connectivity index (χ0v) is 8.98. The first-order valence-corrected chi connectivity index (χ1v) is 6.04. The molecular weight excluding hydrogens is 190 g/mol. The zero-order valence-electron chi connectivity index (χ0n) is 8.98. The fourth-order valence-electron chi connectivity index (χ4n) is 2.27. The molecule has 1 heterocycles. The van der Waals surface area contributed by atoms with E-state index in [4.69, 9.17) is 10.5 Å². The summed E-state index contributed by atoms with van der Waals surface area (Å²) in [5, 5.41) is 3.23. The number of aliphatic imine (C=N–C) groups is 1. The number of hydrogen-bond acceptors (Lipinski definition) is 2. The highest BCUT2D eigenvalue weighted by Crippen LogP contribution is 2.39. The van der Waals surface area contributed by atoms with Gasteiger partial charge in [-0.1, -0.05) is 0 Å². The van der Waals surface area contributed by atoms with E-state index in [-0.39, 0.29) is 0 Å². The first-order valence-electron chi connectivity index (χ1n) is 6.04. The van der Waals surface area contributed by atoms with Gasteiger partial charge in [-0.05, 0) is 38.0 Å². The van der Waals surface area contributed by atoms with Crippen molar-refractivity contribution in [2.45, 2.75) is 50.3 Å². The Labute approximate surface area is 90.3 Å². The van der Waals surface area contributed by atoms with E-state index in [2.05, 4.69) is 10.3 Å². The lowest BCUT2D eigenvalue weighted by molar-refractivity contribution is 0.0875. The first-order chi connectivity index (χ1) is 7.33. The molecule has 1 aliphatic heterocycles. The number of ether oxygens (including phenoxy) is 1. The van der Waals surface area contributed by atoms with Crippen LogP contribution in [-0.4, -0.2) is 30.8 Å². The Morgan fingerprint density at radius 1 is 1.20 bits per heavy atom. The standard InChI is InChI=1S/C11H19N3O/c12-11(13-8-3-4-8)14-9-5-6-15-10(9)7-1-2-7/h7-10H,1-6H2,(H3,12,13,14). The highest BCUT2D eigenvalue weighted by Gasteiger charge is 2.40. The Morgan fingerprint density at radius 3 is 2.67 bits per heavy atom. The summed E-state index contributed by atoms with van der Waals surface area (Å²) in [6.07, 6.45) is 6.49. The molecule has 3 rings (SSSR count). The zero-order chi connectivity index (χ0) is 10.3. The van der Waals surface area contributed by atoms with E-state index in [0.29, 0.717) is 24.1 Å². The van der Waals surface area contributed by atoms with Crippen molar-refractivity contribution in [3.05, 3.63) is 0 Å². The van der Waals surface area contributed by atoms with Crippen LogP contribution in [0, 0.1) is 5.92 Å². The van der Waals surface area contributed by atoms with E-state index in [9.17, 15) is 0 Å². The normalized spacial score (nSPS) is 36.9. The second-order valence-electron chi connectivity index (χ2n) is 4.96. The third-order valence-corrected chi connectivity index (χ3v) is 3.42. The number of nitrogens with two attached hydrogens (primary N) is 1. The van der Waals surface area contributed by atoms with Gasteiger partial charge in [0.1, 0.15) is 0 Å². The minimum absolute atomic E-state index is 0.309. The van der Waals surface area contributed by atoms with Crippen LogP contribution in [0.1, 0.15) is 32.1 Å². The summed E-state index contributed by atoms with van der Waals surface area (Å²) in [5.41, 5.74) is 5.86. The van der Waals surface area contributed by atoms with Crippen molar-refractivity contribution < 1.29 is 4.74 Å². The van der Waals surface area contributed by atoms with E-state index in [0.717, 1.165) is 18.9 Å². The van der Waals surface area contributed by atoms with Gasteiger partial charge in [0.25, 0.3) is 0 Å². The van der Waals surface area contributed by atoms with Gasteiger partial charge < -0.3 is 15.8 Å². The lowest BCUT2D eigenvalue weighted by Crippen LogP contribution is -2.36. The van der Waals surface area contributed by atoms with Gasteiger partial charge in [0.2, 0.25) is 0 Å². The fraction of sp³-hybridized carbons (Fsp3) is 0.909. The van der Waals surface area contributed by atoms with Crippen LogP contribution in [-0.2, 0) is 4.74 Å². The average Bonchev–Trinajstić information content (AvgIpc) is 3.10. The smallest absolute Gasteiger partial charge is 0.189 e. The van der Waals surface area contributed by atoms with Gasteiger partial charge in [0.05, 0.1) is 12.1 Å². The largest absolute Gasteiger partial charge is 0.376 e. The Balaban J connectivity index is 1.59. The summed E-state index contributed by atoms with van der Waals surface area (Å²) in [7, 11) is 0. The van der Waals surface area contributed by atoms with Gasteiger partial charge in [-0.15, -0.1) is 0 Å². The molecule has 0 spiro atoms. The van der Waals surface area contributed by atoms with E-state index in [1.54, 1.807) is 0 Å². The molecule has 0 aromatic carbocycles. The highest BCUT2D eigenvalue weighted by molar-refractivity contribution is 5.78. The van der Waals surface area contributed by atoms with Crippen molar-refractivity contribution in [1.29, 1.82) is 0 Å². The van der Waals surface area contributed by atoms with Crippen molar-refractivity contribution in [2.24, 2.45) is 16.6 Å². The van der Waals surface area contributed by atoms with Crippen LogP contribution in [0.4, 0.5) is 0 Å². The van der Waals surface area contributed by atoms with Crippen LogP contribution >= 0.6 is 0 Å². The molecule has 0 bridgehead atoms. The van der Waals surface area contributed by atoms with Gasteiger partial charge in [0, 0.05) is 12.6 Å². The van der Waals surface area contributed by atoms with Crippen molar-refractivity contribution in [3.63, 3.8) is 0 Å². The summed E-state index contributed by atoms with van der Waals surface area (Å²) in [4.78, 5) is 4.56. The Morgan fingerprint density at radius 2 is 2.00 bits per heavy atom. The number of guanidine groups is 1. The molecule has 2 saturated carbocycles. The van der Waals surface area contributed by atoms with Crippen LogP contribution in [0.15, 0.2) is 4.99 Å². The monoisotopic (exact) mass is 209 g/mol. The third kappa shape index (κ3) is 2.25. The maximum absolute atomic E-state index is 5.86. The molecule has 3 fully saturated rings. The van der Waals surface area contributed by atoms with Gasteiger partial charge in [-0.25, -0.2) is 4.99 Å². The first kappa shape index (κ1) is 9.46. The molecule has 0 aromatic rings. The molecule has 0 radical (unpaired) electrons. The van der Waals surface area contributed by atoms with Crippen molar-refractivity contribution in [2.75, 3.05) is 6.61 Å². The van der Waals surface area contributed by atoms with Crippen molar-refractivity contribution in [3.8, 4) is 0 Å². The molecule has 2 unspecified atom stereocenters. The van der Waals surface area contributed by atoms with Crippen LogP contribution in [0.3, 0.4) is 0 Å². The van der Waals surface area contributed by atoms with E-state index in [1.165, 1.54) is 25.7 Å². The topological polar surface area (TPSA) is 59.6 Å². The maximum atomic E-state index is 5.86. The van der Waals surface area contributed by atoms with Gasteiger partial charge in [-0.3, -0.25) is 0 Å². The van der Waals surface area contributed by atoms with Gasteiger partial charge in [0.15, 0.2) is 5.96 Å². The minimum atomic E-state index is 0.309. The Bertz CT molecular complexity index is 271. The lowest BCUT2D eigenvalue weighted by Gasteiger charge is -2.15.